The van der Waals surface area contributed by atoms with Gasteiger partial charge in [-0.05, 0) is 37.8 Å². The highest BCUT2D eigenvalue weighted by Crippen LogP contribution is 2.35. The summed E-state index contributed by atoms with van der Waals surface area (Å²) in [5.41, 5.74) is 3.99. The van der Waals surface area contributed by atoms with Crippen LogP contribution in [0.25, 0.3) is 32.9 Å². The van der Waals surface area contributed by atoms with Crippen molar-refractivity contribution in [2.24, 2.45) is 0 Å². The van der Waals surface area contributed by atoms with Crippen LogP contribution in [0.15, 0.2) is 60.9 Å². The Morgan fingerprint density at radius 3 is 1.26 bits per heavy atom. The average Bonchev–Trinajstić information content (AvgIpc) is 2.95. The van der Waals surface area contributed by atoms with Crippen molar-refractivity contribution >= 4 is 33.6 Å². The van der Waals surface area contributed by atoms with E-state index < -0.39 is 0 Å². The zero-order valence-electron chi connectivity index (χ0n) is 23.0. The van der Waals surface area contributed by atoms with Gasteiger partial charge in [0, 0.05) is 60.5 Å². The molecule has 0 aliphatic rings. The van der Waals surface area contributed by atoms with Gasteiger partial charge in [-0.15, -0.1) is 0 Å². The molecule has 2 amide bonds. The van der Waals surface area contributed by atoms with Crippen molar-refractivity contribution in [2.75, 3.05) is 26.2 Å². The number of para-hydroxylation sites is 2. The predicted octanol–water partition coefficient (Wildman–Crippen LogP) is 6.97. The van der Waals surface area contributed by atoms with Crippen molar-refractivity contribution in [2.45, 2.75) is 53.4 Å². The van der Waals surface area contributed by atoms with Crippen LogP contribution in [0.1, 0.15) is 74.1 Å². The molecule has 0 N–H and O–H groups in total. The number of carbonyl (C=O) groups excluding carboxylic acids is 2. The molecule has 0 saturated carbocycles. The molecule has 2 aromatic carbocycles. The van der Waals surface area contributed by atoms with Gasteiger partial charge in [0.15, 0.2) is 0 Å². The minimum Gasteiger partial charge on any atom is -0.339 e. The zero-order chi connectivity index (χ0) is 27.1. The van der Waals surface area contributed by atoms with Gasteiger partial charge < -0.3 is 9.80 Å². The summed E-state index contributed by atoms with van der Waals surface area (Å²) < 4.78 is 0. The maximum absolute atomic E-state index is 14.2. The zero-order valence-corrected chi connectivity index (χ0v) is 23.0. The topological polar surface area (TPSA) is 66.4 Å². The summed E-state index contributed by atoms with van der Waals surface area (Å²) in [6, 6.07) is 15.5. The Morgan fingerprint density at radius 1 is 0.579 bits per heavy atom. The van der Waals surface area contributed by atoms with Crippen LogP contribution >= 0.6 is 0 Å². The lowest BCUT2D eigenvalue weighted by Gasteiger charge is -2.26. The number of carbonyl (C=O) groups is 2. The molecule has 2 aromatic heterocycles. The van der Waals surface area contributed by atoms with Crippen molar-refractivity contribution in [1.29, 1.82) is 0 Å². The fourth-order valence-corrected chi connectivity index (χ4v) is 5.18. The highest BCUT2D eigenvalue weighted by molar-refractivity contribution is 6.16. The second-order valence-corrected chi connectivity index (χ2v) is 9.71. The van der Waals surface area contributed by atoms with Gasteiger partial charge in [0.05, 0.1) is 22.2 Å². The first-order chi connectivity index (χ1) is 18.5. The lowest BCUT2D eigenvalue weighted by atomic mass is 9.92. The Balaban J connectivity index is 2.03. The third-order valence-electron chi connectivity index (χ3n) is 6.82. The summed E-state index contributed by atoms with van der Waals surface area (Å²) in [4.78, 5) is 41.7. The van der Waals surface area contributed by atoms with Crippen LogP contribution in [-0.4, -0.2) is 57.8 Å². The van der Waals surface area contributed by atoms with Crippen molar-refractivity contribution in [3.63, 3.8) is 0 Å². The first-order valence-corrected chi connectivity index (χ1v) is 13.9. The van der Waals surface area contributed by atoms with Gasteiger partial charge in [0.2, 0.25) is 0 Å². The van der Waals surface area contributed by atoms with Gasteiger partial charge >= 0.3 is 0 Å². The predicted molar refractivity (Wildman–Crippen MR) is 155 cm³/mol. The summed E-state index contributed by atoms with van der Waals surface area (Å²) in [5.74, 6) is -0.0688. The molecule has 6 nitrogen and oxygen atoms in total. The molecular weight excluding hydrogens is 472 g/mol. The Morgan fingerprint density at radius 2 is 0.921 bits per heavy atom. The van der Waals surface area contributed by atoms with Crippen molar-refractivity contribution < 1.29 is 9.59 Å². The second-order valence-electron chi connectivity index (χ2n) is 9.71. The van der Waals surface area contributed by atoms with Crippen LogP contribution in [0.5, 0.6) is 0 Å². The first kappa shape index (κ1) is 27.2. The van der Waals surface area contributed by atoms with E-state index in [9.17, 15) is 9.59 Å². The van der Waals surface area contributed by atoms with Gasteiger partial charge in [-0.3, -0.25) is 19.6 Å². The van der Waals surface area contributed by atoms with Gasteiger partial charge in [-0.25, -0.2) is 0 Å². The Kier molecular flexibility index (Phi) is 9.06. The molecule has 0 saturated heterocycles. The van der Waals surface area contributed by atoms with E-state index in [1.165, 1.54) is 0 Å². The molecule has 4 aromatic rings. The largest absolute Gasteiger partial charge is 0.339 e. The van der Waals surface area contributed by atoms with Crippen LogP contribution in [0.4, 0.5) is 0 Å². The van der Waals surface area contributed by atoms with Crippen LogP contribution in [0.2, 0.25) is 0 Å². The molecule has 198 valence electrons. The SMILES string of the molecule is CCCN(CCC)C(=O)c1c(-c2cnc3ccccc3c2C(=O)N(CCC)CCC)cnc2ccccc12. The molecule has 0 aliphatic carbocycles. The van der Waals surface area contributed by atoms with E-state index in [4.69, 9.17) is 9.97 Å². The Labute approximate surface area is 225 Å². The number of pyridine rings is 2. The van der Waals surface area contributed by atoms with Crippen LogP contribution in [0.3, 0.4) is 0 Å². The third kappa shape index (κ3) is 5.40. The summed E-state index contributed by atoms with van der Waals surface area (Å²) in [5, 5.41) is 1.58. The summed E-state index contributed by atoms with van der Waals surface area (Å²) in [6.45, 7) is 11.0. The van der Waals surface area contributed by atoms with Crippen molar-refractivity contribution in [3.05, 3.63) is 72.1 Å². The summed E-state index contributed by atoms with van der Waals surface area (Å²) >= 11 is 0. The minimum absolute atomic E-state index is 0.0344. The molecule has 0 spiro atoms. The lowest BCUT2D eigenvalue weighted by Crippen LogP contribution is -2.34. The maximum atomic E-state index is 14.2. The van der Waals surface area contributed by atoms with Crippen LogP contribution in [0, 0.1) is 0 Å². The molecule has 6 heteroatoms. The molecule has 2 heterocycles. The normalized spacial score (nSPS) is 11.2. The highest BCUT2D eigenvalue weighted by atomic mass is 16.2. The number of hydrogen-bond donors (Lipinski definition) is 0. The Bertz CT molecular complexity index is 1310. The van der Waals surface area contributed by atoms with E-state index in [1.54, 1.807) is 12.4 Å². The standard InChI is InChI=1S/C32H38N4O2/c1-5-17-35(18-6-2)31(37)29-23-13-9-11-15-27(23)33-21-25(29)26-22-34-28-16-12-10-14-24(28)30(26)32(38)36(19-7-3)20-8-4/h9-16,21-22H,5-8,17-20H2,1-4H3. The van der Waals surface area contributed by atoms with E-state index >= 15 is 0 Å². The third-order valence-corrected chi connectivity index (χ3v) is 6.82. The number of nitrogens with zero attached hydrogens (tertiary/aromatic N) is 4. The minimum atomic E-state index is -0.0344. The maximum Gasteiger partial charge on any atom is 0.255 e. The summed E-state index contributed by atoms with van der Waals surface area (Å²) in [6.07, 6.45) is 6.97. The molecule has 0 unspecified atom stereocenters. The molecular formula is C32H38N4O2. The molecule has 38 heavy (non-hydrogen) atoms. The number of amides is 2. The van der Waals surface area contributed by atoms with Gasteiger partial charge in [-0.1, -0.05) is 64.1 Å². The van der Waals surface area contributed by atoms with Crippen LogP contribution < -0.4 is 0 Å². The number of benzene rings is 2. The smallest absolute Gasteiger partial charge is 0.255 e. The van der Waals surface area contributed by atoms with Gasteiger partial charge in [0.1, 0.15) is 0 Å². The highest BCUT2D eigenvalue weighted by Gasteiger charge is 2.27. The Hall–Kier alpha value is -3.80. The quantitative estimate of drug-likeness (QED) is 0.218. The second kappa shape index (κ2) is 12.6. The van der Waals surface area contributed by atoms with Crippen molar-refractivity contribution in [1.82, 2.24) is 19.8 Å². The van der Waals surface area contributed by atoms with Crippen LogP contribution in [-0.2, 0) is 0 Å². The van der Waals surface area contributed by atoms with E-state index in [0.29, 0.717) is 48.4 Å². The first-order valence-electron chi connectivity index (χ1n) is 13.9. The van der Waals surface area contributed by atoms with Gasteiger partial charge in [0.25, 0.3) is 11.8 Å². The van der Waals surface area contributed by atoms with E-state index in [2.05, 4.69) is 27.7 Å². The van der Waals surface area contributed by atoms with E-state index in [-0.39, 0.29) is 11.8 Å². The lowest BCUT2D eigenvalue weighted by molar-refractivity contribution is 0.0748. The molecule has 0 fully saturated rings. The molecule has 0 atom stereocenters. The van der Waals surface area contributed by atoms with E-state index in [1.807, 2.05) is 58.3 Å². The number of aromatic nitrogens is 2. The van der Waals surface area contributed by atoms with Crippen molar-refractivity contribution in [3.8, 4) is 11.1 Å². The summed E-state index contributed by atoms with van der Waals surface area (Å²) in [7, 11) is 0. The molecule has 0 bridgehead atoms. The average molecular weight is 511 g/mol. The number of rotatable bonds is 11. The molecule has 4 rings (SSSR count). The fraction of sp³-hybridized carbons (Fsp3) is 0.375. The number of fused-ring (bicyclic) bond motifs is 2. The van der Waals surface area contributed by atoms with Gasteiger partial charge in [-0.2, -0.15) is 0 Å². The van der Waals surface area contributed by atoms with E-state index in [0.717, 1.165) is 47.5 Å². The monoisotopic (exact) mass is 510 g/mol. The number of hydrogen-bond acceptors (Lipinski definition) is 4. The fourth-order valence-electron chi connectivity index (χ4n) is 5.18. The molecule has 0 radical (unpaired) electrons. The molecule has 0 aliphatic heterocycles.